The summed E-state index contributed by atoms with van der Waals surface area (Å²) in [6, 6.07) is 2.26. The Labute approximate surface area is 116 Å². The number of hydrogen-bond donors (Lipinski definition) is 1. The Morgan fingerprint density at radius 3 is 2.45 bits per heavy atom. The van der Waals surface area contributed by atoms with Gasteiger partial charge in [-0.05, 0) is 31.0 Å². The molecule has 1 N–H and O–H groups in total. The number of sulfonamides is 1. The summed E-state index contributed by atoms with van der Waals surface area (Å²) >= 11 is 0. The molecule has 1 rings (SSSR count). The highest BCUT2D eigenvalue weighted by atomic mass is 32.2. The number of terminal acetylenes is 1. The number of hydrogen-bond acceptors (Lipinski definition) is 2. The van der Waals surface area contributed by atoms with E-state index in [-0.39, 0.29) is 5.56 Å². The summed E-state index contributed by atoms with van der Waals surface area (Å²) in [5, 5.41) is 0. The first-order chi connectivity index (χ1) is 9.13. The van der Waals surface area contributed by atoms with Crippen molar-refractivity contribution < 1.29 is 21.6 Å². The predicted molar refractivity (Wildman–Crippen MR) is 69.4 cm³/mol. The Bertz CT molecular complexity index is 630. The summed E-state index contributed by atoms with van der Waals surface area (Å²) in [5.41, 5.74) is -1.33. The van der Waals surface area contributed by atoms with Crippen molar-refractivity contribution in [2.45, 2.75) is 37.4 Å². The highest BCUT2D eigenvalue weighted by Gasteiger charge is 2.34. The van der Waals surface area contributed by atoms with Crippen LogP contribution in [-0.4, -0.2) is 14.5 Å². The Balaban J connectivity index is 3.31. The minimum atomic E-state index is -4.61. The second kappa shape index (κ2) is 5.85. The van der Waals surface area contributed by atoms with Crippen molar-refractivity contribution in [3.8, 4) is 12.3 Å². The normalized spacial score (nSPS) is 13.8. The van der Waals surface area contributed by atoms with Crippen LogP contribution in [0, 0.1) is 19.3 Å². The standard InChI is InChI=1S/C13H14F3NO2S/c1-4-10(5-2)17-20(18,19)12-8-6-7-11(9(12)3)13(14,15)16/h1,6-8,10,17H,5H2,2-3H3. The van der Waals surface area contributed by atoms with Gasteiger partial charge in [0.2, 0.25) is 10.0 Å². The van der Waals surface area contributed by atoms with Crippen molar-refractivity contribution in [3.63, 3.8) is 0 Å². The van der Waals surface area contributed by atoms with Crippen LogP contribution in [0.4, 0.5) is 13.2 Å². The number of benzene rings is 1. The van der Waals surface area contributed by atoms with Crippen molar-refractivity contribution in [2.24, 2.45) is 0 Å². The van der Waals surface area contributed by atoms with E-state index in [1.165, 1.54) is 0 Å². The number of rotatable bonds is 4. The summed E-state index contributed by atoms with van der Waals surface area (Å²) in [6.07, 6.45) is 0.885. The van der Waals surface area contributed by atoms with Gasteiger partial charge in [-0.2, -0.15) is 17.9 Å². The molecule has 0 fully saturated rings. The molecule has 3 nitrogen and oxygen atoms in total. The maximum atomic E-state index is 12.8. The molecule has 110 valence electrons. The maximum absolute atomic E-state index is 12.8. The lowest BCUT2D eigenvalue weighted by molar-refractivity contribution is -0.138. The van der Waals surface area contributed by atoms with Crippen molar-refractivity contribution in [3.05, 3.63) is 29.3 Å². The van der Waals surface area contributed by atoms with Crippen LogP contribution in [-0.2, 0) is 16.2 Å². The van der Waals surface area contributed by atoms with Crippen LogP contribution >= 0.6 is 0 Å². The largest absolute Gasteiger partial charge is 0.416 e. The molecule has 0 amide bonds. The van der Waals surface area contributed by atoms with Crippen LogP contribution in [0.2, 0.25) is 0 Å². The molecule has 1 aromatic carbocycles. The molecule has 7 heteroatoms. The Kier molecular flexibility index (Phi) is 4.84. The van der Waals surface area contributed by atoms with Gasteiger partial charge in [-0.3, -0.25) is 0 Å². The first kappa shape index (κ1) is 16.5. The predicted octanol–water partition coefficient (Wildman–Crippen LogP) is 2.70. The molecule has 1 aromatic rings. The highest BCUT2D eigenvalue weighted by molar-refractivity contribution is 7.89. The van der Waals surface area contributed by atoms with Gasteiger partial charge in [0.25, 0.3) is 0 Å². The fraction of sp³-hybridized carbons (Fsp3) is 0.385. The zero-order valence-electron chi connectivity index (χ0n) is 11.0. The van der Waals surface area contributed by atoms with E-state index in [1.807, 2.05) is 0 Å². The molecule has 0 saturated carbocycles. The molecule has 20 heavy (non-hydrogen) atoms. The molecule has 1 unspecified atom stereocenters. The van der Waals surface area contributed by atoms with E-state index in [4.69, 9.17) is 6.42 Å². The molecule has 0 saturated heterocycles. The molecule has 0 aliphatic rings. The quantitative estimate of drug-likeness (QED) is 0.869. The molecular weight excluding hydrogens is 291 g/mol. The lowest BCUT2D eigenvalue weighted by Crippen LogP contribution is -2.33. The van der Waals surface area contributed by atoms with Crippen LogP contribution in [0.25, 0.3) is 0 Å². The van der Waals surface area contributed by atoms with E-state index in [9.17, 15) is 21.6 Å². The molecule has 0 aromatic heterocycles. The Morgan fingerprint density at radius 1 is 1.40 bits per heavy atom. The molecule has 0 aliphatic carbocycles. The van der Waals surface area contributed by atoms with E-state index < -0.39 is 32.7 Å². The first-order valence-electron chi connectivity index (χ1n) is 5.78. The number of alkyl halides is 3. The number of nitrogens with one attached hydrogen (secondary N) is 1. The van der Waals surface area contributed by atoms with Crippen LogP contribution in [0.15, 0.2) is 23.1 Å². The summed E-state index contributed by atoms with van der Waals surface area (Å²) in [5.74, 6) is 2.23. The summed E-state index contributed by atoms with van der Waals surface area (Å²) in [4.78, 5) is -0.416. The zero-order valence-corrected chi connectivity index (χ0v) is 11.8. The highest BCUT2D eigenvalue weighted by Crippen LogP contribution is 2.34. The van der Waals surface area contributed by atoms with E-state index >= 15 is 0 Å². The summed E-state index contributed by atoms with van der Waals surface area (Å²) < 4.78 is 64.7. The van der Waals surface area contributed by atoms with Gasteiger partial charge >= 0.3 is 6.18 Å². The maximum Gasteiger partial charge on any atom is 0.416 e. The molecule has 0 bridgehead atoms. The lowest BCUT2D eigenvalue weighted by Gasteiger charge is -2.16. The van der Waals surface area contributed by atoms with E-state index in [0.29, 0.717) is 6.42 Å². The molecule has 0 aliphatic heterocycles. The van der Waals surface area contributed by atoms with Gasteiger partial charge in [0.1, 0.15) is 0 Å². The van der Waals surface area contributed by atoms with Crippen LogP contribution in [0.5, 0.6) is 0 Å². The molecule has 0 heterocycles. The minimum Gasteiger partial charge on any atom is -0.207 e. The smallest absolute Gasteiger partial charge is 0.207 e. The van der Waals surface area contributed by atoms with Gasteiger partial charge in [0, 0.05) is 0 Å². The lowest BCUT2D eigenvalue weighted by atomic mass is 10.1. The van der Waals surface area contributed by atoms with Crippen molar-refractivity contribution in [2.75, 3.05) is 0 Å². The summed E-state index contributed by atoms with van der Waals surface area (Å²) in [6.45, 7) is 2.79. The van der Waals surface area contributed by atoms with Gasteiger partial charge < -0.3 is 0 Å². The molecule has 0 radical (unpaired) electrons. The molecule has 0 spiro atoms. The Hall–Kier alpha value is -1.52. The van der Waals surface area contributed by atoms with Crippen LogP contribution in [0.1, 0.15) is 24.5 Å². The van der Waals surface area contributed by atoms with Gasteiger partial charge in [0.05, 0.1) is 16.5 Å². The van der Waals surface area contributed by atoms with E-state index in [1.54, 1.807) is 6.92 Å². The Morgan fingerprint density at radius 2 is 2.00 bits per heavy atom. The van der Waals surface area contributed by atoms with Crippen LogP contribution in [0.3, 0.4) is 0 Å². The fourth-order valence-corrected chi connectivity index (χ4v) is 3.21. The summed E-state index contributed by atoms with van der Waals surface area (Å²) in [7, 11) is -4.09. The average molecular weight is 305 g/mol. The first-order valence-corrected chi connectivity index (χ1v) is 7.27. The van der Waals surface area contributed by atoms with E-state index in [2.05, 4.69) is 10.6 Å². The van der Waals surface area contributed by atoms with Gasteiger partial charge in [-0.25, -0.2) is 8.42 Å². The third kappa shape index (κ3) is 3.52. The SMILES string of the molecule is C#CC(CC)NS(=O)(=O)c1cccc(C(F)(F)F)c1C. The second-order valence-electron chi connectivity index (χ2n) is 4.18. The van der Waals surface area contributed by atoms with Crippen molar-refractivity contribution in [1.29, 1.82) is 0 Å². The van der Waals surface area contributed by atoms with Crippen molar-refractivity contribution >= 4 is 10.0 Å². The van der Waals surface area contributed by atoms with Crippen molar-refractivity contribution in [1.82, 2.24) is 4.72 Å². The van der Waals surface area contributed by atoms with Gasteiger partial charge in [0.15, 0.2) is 0 Å². The molecule has 1 atom stereocenters. The topological polar surface area (TPSA) is 46.2 Å². The zero-order chi connectivity index (χ0) is 15.6. The monoisotopic (exact) mass is 305 g/mol. The third-order valence-corrected chi connectivity index (χ3v) is 4.40. The molecular formula is C13H14F3NO2S. The van der Waals surface area contributed by atoms with E-state index in [0.717, 1.165) is 25.1 Å². The average Bonchev–Trinajstić information content (AvgIpc) is 2.34. The van der Waals surface area contributed by atoms with Gasteiger partial charge in [-0.1, -0.05) is 18.9 Å². The number of halogens is 3. The van der Waals surface area contributed by atoms with Gasteiger partial charge in [-0.15, -0.1) is 6.42 Å². The van der Waals surface area contributed by atoms with Crippen LogP contribution < -0.4 is 4.72 Å². The minimum absolute atomic E-state index is 0.341. The second-order valence-corrected chi connectivity index (χ2v) is 5.86. The third-order valence-electron chi connectivity index (χ3n) is 2.79. The fourth-order valence-electron chi connectivity index (χ4n) is 1.70.